The molecule has 0 bridgehead atoms. The molecule has 3 N–H and O–H groups in total. The van der Waals surface area contributed by atoms with E-state index >= 15 is 0 Å². The number of aromatic nitrogens is 1. The lowest BCUT2D eigenvalue weighted by molar-refractivity contribution is -0.117. The van der Waals surface area contributed by atoms with Crippen LogP contribution in [0.2, 0.25) is 0 Å². The van der Waals surface area contributed by atoms with Gasteiger partial charge in [0.15, 0.2) is 0 Å². The molecule has 1 aromatic carbocycles. The van der Waals surface area contributed by atoms with Crippen LogP contribution in [-0.2, 0) is 38.4 Å². The SMILES string of the molecule is CC(C)c1cc(C#N)cc(C(C)C)c1CC(=O)N=[S-](=O)Nc1sc(C(C)(C)O)nc1CO. The molecule has 1 amide bonds. The molecule has 0 saturated heterocycles. The van der Waals surface area contributed by atoms with Crippen molar-refractivity contribution in [3.05, 3.63) is 45.1 Å². The van der Waals surface area contributed by atoms with Gasteiger partial charge in [-0.2, -0.15) is 5.26 Å². The Balaban J connectivity index is 2.34. The van der Waals surface area contributed by atoms with Crippen LogP contribution in [0.4, 0.5) is 5.00 Å². The van der Waals surface area contributed by atoms with Crippen LogP contribution < -0.4 is 4.72 Å². The zero-order valence-corrected chi connectivity index (χ0v) is 20.7. The topological polar surface area (TPSA) is 136 Å². The Morgan fingerprint density at radius 2 is 1.84 bits per heavy atom. The number of amides is 1. The number of benzene rings is 1. The summed E-state index contributed by atoms with van der Waals surface area (Å²) in [5, 5.41) is 29.6. The molecule has 0 saturated carbocycles. The van der Waals surface area contributed by atoms with E-state index in [1.807, 2.05) is 27.7 Å². The zero-order valence-electron chi connectivity index (χ0n) is 19.1. The number of carbonyl (C=O) groups is 1. The van der Waals surface area contributed by atoms with Crippen LogP contribution in [0, 0.1) is 11.3 Å². The quantitative estimate of drug-likeness (QED) is 0.487. The van der Waals surface area contributed by atoms with E-state index in [1.54, 1.807) is 26.0 Å². The van der Waals surface area contributed by atoms with E-state index in [-0.39, 0.29) is 29.0 Å². The summed E-state index contributed by atoms with van der Waals surface area (Å²) in [6.45, 7) is 10.7. The first-order chi connectivity index (χ1) is 14.9. The molecule has 10 heteroatoms. The summed E-state index contributed by atoms with van der Waals surface area (Å²) >= 11 is 1.04. The fourth-order valence-corrected chi connectivity index (χ4v) is 4.97. The molecular weight excluding hydrogens is 448 g/mol. The fourth-order valence-electron chi connectivity index (χ4n) is 3.19. The lowest BCUT2D eigenvalue weighted by Crippen LogP contribution is -2.14. The second kappa shape index (κ2) is 10.5. The number of thiazole rings is 1. The van der Waals surface area contributed by atoms with Crippen molar-refractivity contribution in [2.75, 3.05) is 4.72 Å². The largest absolute Gasteiger partial charge is 0.425 e. The molecule has 2 rings (SSSR count). The molecule has 0 atom stereocenters. The van der Waals surface area contributed by atoms with Gasteiger partial charge in [-0.15, -0.1) is 0 Å². The maximum absolute atomic E-state index is 12.7. The van der Waals surface area contributed by atoms with Crippen LogP contribution in [0.3, 0.4) is 0 Å². The Bertz CT molecular complexity index is 1090. The predicted octanol–water partition coefficient (Wildman–Crippen LogP) is 4.22. The van der Waals surface area contributed by atoms with Crippen molar-refractivity contribution < 1.29 is 19.2 Å². The maximum atomic E-state index is 12.7. The van der Waals surface area contributed by atoms with Gasteiger partial charge in [-0.25, -0.2) is 4.98 Å². The fraction of sp³-hybridized carbons (Fsp3) is 0.500. The maximum Gasteiger partial charge on any atom is 0.228 e. The molecule has 174 valence electrons. The normalized spacial score (nSPS) is 12.9. The number of aliphatic hydroxyl groups is 2. The molecule has 0 aliphatic rings. The molecule has 0 fully saturated rings. The van der Waals surface area contributed by atoms with Gasteiger partial charge in [0.2, 0.25) is 5.91 Å². The summed E-state index contributed by atoms with van der Waals surface area (Å²) < 4.78 is 18.8. The van der Waals surface area contributed by atoms with Crippen LogP contribution in [0.15, 0.2) is 16.5 Å². The van der Waals surface area contributed by atoms with Crippen LogP contribution in [0.5, 0.6) is 0 Å². The molecule has 2 aromatic rings. The monoisotopic (exact) mass is 477 g/mol. The third kappa shape index (κ3) is 6.36. The third-order valence-corrected chi connectivity index (χ3v) is 6.96. The van der Waals surface area contributed by atoms with Crippen molar-refractivity contribution in [2.45, 2.75) is 72.0 Å². The lowest BCUT2D eigenvalue weighted by Gasteiger charge is -2.20. The first-order valence-electron chi connectivity index (χ1n) is 10.2. The minimum atomic E-state index is -2.09. The van der Waals surface area contributed by atoms with E-state index < -0.39 is 28.9 Å². The number of aliphatic hydroxyl groups excluding tert-OH is 1. The van der Waals surface area contributed by atoms with Crippen molar-refractivity contribution in [2.24, 2.45) is 4.36 Å². The number of rotatable bonds is 8. The number of anilines is 1. The Kier molecular flexibility index (Phi) is 8.54. The van der Waals surface area contributed by atoms with E-state index in [4.69, 9.17) is 0 Å². The number of nitrogens with one attached hydrogen (secondary N) is 1. The van der Waals surface area contributed by atoms with Crippen molar-refractivity contribution in [1.82, 2.24) is 4.98 Å². The molecule has 0 spiro atoms. The summed E-state index contributed by atoms with van der Waals surface area (Å²) in [4.78, 5) is 16.8. The van der Waals surface area contributed by atoms with Gasteiger partial charge in [-0.1, -0.05) is 49.8 Å². The van der Waals surface area contributed by atoms with Crippen LogP contribution in [0.1, 0.15) is 86.3 Å². The number of nitrogens with zero attached hydrogens (tertiary/aromatic N) is 3. The zero-order chi connectivity index (χ0) is 24.2. The Morgan fingerprint density at radius 3 is 2.28 bits per heavy atom. The highest BCUT2D eigenvalue weighted by molar-refractivity contribution is 7.76. The molecule has 0 aliphatic carbocycles. The van der Waals surface area contributed by atoms with E-state index in [2.05, 4.69) is 20.1 Å². The molecular formula is C22H29N4O4S2-. The molecule has 0 unspecified atom stereocenters. The van der Waals surface area contributed by atoms with Crippen LogP contribution >= 0.6 is 11.3 Å². The molecule has 1 aromatic heterocycles. The molecule has 32 heavy (non-hydrogen) atoms. The molecule has 0 aliphatic heterocycles. The molecule has 1 heterocycles. The Labute approximate surface area is 194 Å². The van der Waals surface area contributed by atoms with Crippen molar-refractivity contribution >= 4 is 33.0 Å². The van der Waals surface area contributed by atoms with Gasteiger partial charge >= 0.3 is 0 Å². The summed E-state index contributed by atoms with van der Waals surface area (Å²) in [7, 11) is -2.09. The number of nitriles is 1. The first kappa shape index (κ1) is 25.9. The minimum Gasteiger partial charge on any atom is -0.425 e. The number of hydrogen-bond donors (Lipinski definition) is 3. The average molecular weight is 478 g/mol. The molecule has 8 nitrogen and oxygen atoms in total. The van der Waals surface area contributed by atoms with Gasteiger partial charge in [0.25, 0.3) is 0 Å². The van der Waals surface area contributed by atoms with Gasteiger partial charge in [0.05, 0.1) is 35.4 Å². The van der Waals surface area contributed by atoms with Crippen molar-refractivity contribution in [3.63, 3.8) is 0 Å². The van der Waals surface area contributed by atoms with E-state index in [0.29, 0.717) is 10.6 Å². The highest BCUT2D eigenvalue weighted by atomic mass is 32.2. The smallest absolute Gasteiger partial charge is 0.228 e. The lowest BCUT2D eigenvalue weighted by atomic mass is 9.85. The van der Waals surface area contributed by atoms with Crippen molar-refractivity contribution in [1.29, 1.82) is 5.26 Å². The summed E-state index contributed by atoms with van der Waals surface area (Å²) in [5.41, 5.74) is 2.14. The van der Waals surface area contributed by atoms with E-state index in [9.17, 15) is 24.5 Å². The summed E-state index contributed by atoms with van der Waals surface area (Å²) in [6.07, 6.45) is -0.0371. The standard InChI is InChI=1S/C22H29N4O4S2/c1-12(2)15-7-14(10-23)8-16(13(3)4)17(15)9-19(28)25-32(30)26-20-18(11-27)24-21(31-20)22(5,6)29/h7-8,12-13,27,29H,9,11H2,1-6H3,(H,25,26,28,30)/q-1. The van der Waals surface area contributed by atoms with Crippen LogP contribution in [0.25, 0.3) is 0 Å². The van der Waals surface area contributed by atoms with Crippen molar-refractivity contribution in [3.8, 4) is 6.07 Å². The van der Waals surface area contributed by atoms with E-state index in [1.165, 1.54) is 0 Å². The van der Waals surface area contributed by atoms with Gasteiger partial charge < -0.3 is 23.5 Å². The summed E-state index contributed by atoms with van der Waals surface area (Å²) in [5.74, 6) is -0.379. The predicted molar refractivity (Wildman–Crippen MR) is 125 cm³/mol. The Hall–Kier alpha value is -2.32. The second-order valence-electron chi connectivity index (χ2n) is 8.58. The molecule has 0 radical (unpaired) electrons. The first-order valence-corrected chi connectivity index (χ1v) is 12.1. The Morgan fingerprint density at radius 1 is 1.28 bits per heavy atom. The van der Waals surface area contributed by atoms with Crippen LogP contribution in [-0.4, -0.2) is 21.1 Å². The number of carbonyl (C=O) groups excluding carboxylic acids is 1. The van der Waals surface area contributed by atoms with Gasteiger partial charge in [-0.3, -0.25) is 4.79 Å². The summed E-state index contributed by atoms with van der Waals surface area (Å²) in [6, 6.07) is 5.75. The average Bonchev–Trinajstić information content (AvgIpc) is 3.10. The highest BCUT2D eigenvalue weighted by Gasteiger charge is 2.23. The third-order valence-electron chi connectivity index (χ3n) is 4.76. The second-order valence-corrected chi connectivity index (χ2v) is 10.5. The van der Waals surface area contributed by atoms with Gasteiger partial charge in [-0.05, 0) is 54.5 Å². The number of hydrogen-bond acceptors (Lipinski definition) is 8. The van der Waals surface area contributed by atoms with Gasteiger partial charge in [0.1, 0.15) is 10.6 Å². The van der Waals surface area contributed by atoms with E-state index in [0.717, 1.165) is 28.0 Å². The van der Waals surface area contributed by atoms with Gasteiger partial charge in [0, 0.05) is 0 Å². The minimum absolute atomic E-state index is 0.0371. The highest BCUT2D eigenvalue weighted by Crippen LogP contribution is 2.32.